The Morgan fingerprint density at radius 1 is 1.26 bits per heavy atom. The zero-order valence-corrected chi connectivity index (χ0v) is 11.6. The summed E-state index contributed by atoms with van der Waals surface area (Å²) in [4.78, 5) is 4.43. The summed E-state index contributed by atoms with van der Waals surface area (Å²) in [5, 5.41) is 3.29. The van der Waals surface area contributed by atoms with Gasteiger partial charge in [0.25, 0.3) is 0 Å². The smallest absolute Gasteiger partial charge is 0.126 e. The highest BCUT2D eigenvalue weighted by Gasteiger charge is 2.12. The van der Waals surface area contributed by atoms with Crippen LogP contribution in [0.25, 0.3) is 0 Å². The van der Waals surface area contributed by atoms with E-state index >= 15 is 0 Å². The molecule has 0 aliphatic rings. The second-order valence-corrected chi connectivity index (χ2v) is 4.74. The number of nitrogens with two attached hydrogens (primary N) is 1. The minimum absolute atomic E-state index is 0.117. The van der Waals surface area contributed by atoms with Gasteiger partial charge in [0, 0.05) is 12.7 Å². The average molecular weight is 255 g/mol. The molecular weight excluding hydrogens is 234 g/mol. The van der Waals surface area contributed by atoms with Crippen molar-refractivity contribution < 1.29 is 0 Å². The van der Waals surface area contributed by atoms with Crippen molar-refractivity contribution >= 4 is 5.82 Å². The molecule has 19 heavy (non-hydrogen) atoms. The standard InChI is InChI=1S/C16H21N3/c1-3-9-18-15-10-12(2)14(11-19-15)16(17)13-7-5-4-6-8-13/h4-8,10-11,16H,3,9,17H2,1-2H3,(H,18,19)/t16-/m0/s1. The van der Waals surface area contributed by atoms with E-state index in [4.69, 9.17) is 5.73 Å². The highest BCUT2D eigenvalue weighted by molar-refractivity contribution is 5.43. The van der Waals surface area contributed by atoms with Gasteiger partial charge in [-0.05, 0) is 36.1 Å². The van der Waals surface area contributed by atoms with Crippen molar-refractivity contribution in [3.8, 4) is 0 Å². The lowest BCUT2D eigenvalue weighted by atomic mass is 9.97. The number of aryl methyl sites for hydroxylation is 1. The Bertz CT molecular complexity index is 523. The Balaban J connectivity index is 2.21. The van der Waals surface area contributed by atoms with Crippen LogP contribution in [0, 0.1) is 6.92 Å². The van der Waals surface area contributed by atoms with E-state index in [9.17, 15) is 0 Å². The Morgan fingerprint density at radius 3 is 2.63 bits per heavy atom. The van der Waals surface area contributed by atoms with Crippen molar-refractivity contribution in [2.75, 3.05) is 11.9 Å². The molecule has 1 aromatic heterocycles. The maximum Gasteiger partial charge on any atom is 0.126 e. The van der Waals surface area contributed by atoms with Crippen LogP contribution in [0.5, 0.6) is 0 Å². The summed E-state index contributed by atoms with van der Waals surface area (Å²) in [7, 11) is 0. The zero-order valence-electron chi connectivity index (χ0n) is 11.6. The quantitative estimate of drug-likeness (QED) is 0.862. The highest BCUT2D eigenvalue weighted by atomic mass is 15.0. The lowest BCUT2D eigenvalue weighted by molar-refractivity contribution is 0.851. The molecule has 2 aromatic rings. The van der Waals surface area contributed by atoms with E-state index < -0.39 is 0 Å². The molecule has 2 rings (SSSR count). The van der Waals surface area contributed by atoms with Crippen LogP contribution in [-0.2, 0) is 0 Å². The largest absolute Gasteiger partial charge is 0.370 e. The van der Waals surface area contributed by atoms with Gasteiger partial charge in [0.1, 0.15) is 5.82 Å². The van der Waals surface area contributed by atoms with Gasteiger partial charge >= 0.3 is 0 Å². The summed E-state index contributed by atoms with van der Waals surface area (Å²) in [5.74, 6) is 0.920. The van der Waals surface area contributed by atoms with Gasteiger partial charge < -0.3 is 11.1 Å². The number of hydrogen-bond donors (Lipinski definition) is 2. The van der Waals surface area contributed by atoms with Crippen molar-refractivity contribution in [2.45, 2.75) is 26.3 Å². The second kappa shape index (κ2) is 6.34. The first kappa shape index (κ1) is 13.6. The van der Waals surface area contributed by atoms with Crippen molar-refractivity contribution in [1.82, 2.24) is 4.98 Å². The maximum absolute atomic E-state index is 6.31. The first-order valence-corrected chi connectivity index (χ1v) is 6.73. The van der Waals surface area contributed by atoms with E-state index in [0.29, 0.717) is 0 Å². The van der Waals surface area contributed by atoms with E-state index in [1.54, 1.807) is 0 Å². The molecule has 1 heterocycles. The summed E-state index contributed by atoms with van der Waals surface area (Å²) in [6, 6.07) is 12.1. The van der Waals surface area contributed by atoms with Crippen LogP contribution in [0.4, 0.5) is 5.82 Å². The molecule has 3 nitrogen and oxygen atoms in total. The molecular formula is C16H21N3. The monoisotopic (exact) mass is 255 g/mol. The number of nitrogens with one attached hydrogen (secondary N) is 1. The van der Waals surface area contributed by atoms with Crippen LogP contribution in [0.2, 0.25) is 0 Å². The van der Waals surface area contributed by atoms with Gasteiger partial charge in [-0.25, -0.2) is 4.98 Å². The van der Waals surface area contributed by atoms with Crippen molar-refractivity contribution in [2.24, 2.45) is 5.73 Å². The van der Waals surface area contributed by atoms with Gasteiger partial charge in [0.2, 0.25) is 0 Å². The molecule has 0 aliphatic carbocycles. The lowest BCUT2D eigenvalue weighted by Gasteiger charge is -2.16. The maximum atomic E-state index is 6.31. The normalized spacial score (nSPS) is 12.2. The summed E-state index contributed by atoms with van der Waals surface area (Å²) >= 11 is 0. The van der Waals surface area contributed by atoms with Crippen molar-refractivity contribution in [3.05, 3.63) is 59.3 Å². The molecule has 0 saturated heterocycles. The van der Waals surface area contributed by atoms with Crippen LogP contribution in [-0.4, -0.2) is 11.5 Å². The molecule has 0 saturated carbocycles. The van der Waals surface area contributed by atoms with Crippen molar-refractivity contribution in [3.63, 3.8) is 0 Å². The summed E-state index contributed by atoms with van der Waals surface area (Å²) < 4.78 is 0. The highest BCUT2D eigenvalue weighted by Crippen LogP contribution is 2.23. The van der Waals surface area contributed by atoms with Crippen LogP contribution >= 0.6 is 0 Å². The molecule has 0 radical (unpaired) electrons. The molecule has 0 spiro atoms. The molecule has 3 heteroatoms. The number of pyridine rings is 1. The number of hydrogen-bond acceptors (Lipinski definition) is 3. The topological polar surface area (TPSA) is 50.9 Å². The molecule has 0 bridgehead atoms. The van der Waals surface area contributed by atoms with Gasteiger partial charge in [-0.15, -0.1) is 0 Å². The third-order valence-electron chi connectivity index (χ3n) is 3.20. The predicted molar refractivity (Wildman–Crippen MR) is 80.2 cm³/mol. The fourth-order valence-electron chi connectivity index (χ4n) is 2.08. The van der Waals surface area contributed by atoms with Gasteiger partial charge in [0.05, 0.1) is 6.04 Å². The Hall–Kier alpha value is -1.87. The predicted octanol–water partition coefficient (Wildman–Crippen LogP) is 3.26. The number of nitrogens with zero attached hydrogens (tertiary/aromatic N) is 1. The number of rotatable bonds is 5. The van der Waals surface area contributed by atoms with Crippen LogP contribution in [0.1, 0.15) is 36.1 Å². The minimum atomic E-state index is -0.117. The molecule has 100 valence electrons. The molecule has 1 aromatic carbocycles. The number of aromatic nitrogens is 1. The van der Waals surface area contributed by atoms with Crippen LogP contribution in [0.3, 0.4) is 0 Å². The lowest BCUT2D eigenvalue weighted by Crippen LogP contribution is -2.14. The molecule has 3 N–H and O–H groups in total. The molecule has 0 aliphatic heterocycles. The van der Waals surface area contributed by atoms with E-state index in [1.165, 1.54) is 5.56 Å². The average Bonchev–Trinajstić information content (AvgIpc) is 2.45. The molecule has 0 amide bonds. The third-order valence-corrected chi connectivity index (χ3v) is 3.20. The van der Waals surface area contributed by atoms with Gasteiger partial charge in [-0.3, -0.25) is 0 Å². The summed E-state index contributed by atoms with van der Waals surface area (Å²) in [5.41, 5.74) is 9.67. The van der Waals surface area contributed by atoms with Crippen molar-refractivity contribution in [1.29, 1.82) is 0 Å². The van der Waals surface area contributed by atoms with E-state index in [-0.39, 0.29) is 6.04 Å². The van der Waals surface area contributed by atoms with Gasteiger partial charge in [0.15, 0.2) is 0 Å². The first-order valence-electron chi connectivity index (χ1n) is 6.73. The van der Waals surface area contributed by atoms with E-state index in [0.717, 1.165) is 29.9 Å². The number of anilines is 1. The zero-order chi connectivity index (χ0) is 13.7. The Kier molecular flexibility index (Phi) is 4.53. The molecule has 1 atom stereocenters. The number of benzene rings is 1. The van der Waals surface area contributed by atoms with Gasteiger partial charge in [-0.1, -0.05) is 37.3 Å². The van der Waals surface area contributed by atoms with E-state index in [2.05, 4.69) is 30.2 Å². The second-order valence-electron chi connectivity index (χ2n) is 4.74. The Morgan fingerprint density at radius 2 is 2.00 bits per heavy atom. The fourth-order valence-corrected chi connectivity index (χ4v) is 2.08. The summed E-state index contributed by atoms with van der Waals surface area (Å²) in [6.45, 7) is 5.16. The van der Waals surface area contributed by atoms with Gasteiger partial charge in [-0.2, -0.15) is 0 Å². The fraction of sp³-hybridized carbons (Fsp3) is 0.312. The molecule has 0 fully saturated rings. The molecule has 0 unspecified atom stereocenters. The minimum Gasteiger partial charge on any atom is -0.370 e. The van der Waals surface area contributed by atoms with E-state index in [1.807, 2.05) is 36.5 Å². The Labute approximate surface area is 114 Å². The van der Waals surface area contributed by atoms with Crippen LogP contribution < -0.4 is 11.1 Å². The first-order chi connectivity index (χ1) is 9.22. The summed E-state index contributed by atoms with van der Waals surface area (Å²) in [6.07, 6.45) is 2.97. The third kappa shape index (κ3) is 3.32. The SMILES string of the molecule is CCCNc1cc(C)c([C@@H](N)c2ccccc2)cn1. The van der Waals surface area contributed by atoms with Crippen LogP contribution in [0.15, 0.2) is 42.6 Å².